The van der Waals surface area contributed by atoms with Crippen LogP contribution in [0.4, 0.5) is 11.5 Å². The van der Waals surface area contributed by atoms with Crippen molar-refractivity contribution >= 4 is 23.3 Å². The van der Waals surface area contributed by atoms with E-state index in [0.29, 0.717) is 23.8 Å². The van der Waals surface area contributed by atoms with Crippen LogP contribution in [-0.2, 0) is 14.3 Å². The van der Waals surface area contributed by atoms with Crippen molar-refractivity contribution in [2.45, 2.75) is 18.6 Å². The molecule has 2 saturated heterocycles. The molecule has 5 rings (SSSR count). The molecule has 0 radical (unpaired) electrons. The summed E-state index contributed by atoms with van der Waals surface area (Å²) in [4.78, 5) is 27.6. The van der Waals surface area contributed by atoms with Crippen molar-refractivity contribution in [2.24, 2.45) is 11.8 Å². The van der Waals surface area contributed by atoms with Crippen molar-refractivity contribution < 1.29 is 18.8 Å². The third-order valence-corrected chi connectivity index (χ3v) is 5.34. The second-order valence-corrected chi connectivity index (χ2v) is 6.98. The summed E-state index contributed by atoms with van der Waals surface area (Å²) in [6.07, 6.45) is 3.42. The summed E-state index contributed by atoms with van der Waals surface area (Å²) in [5.41, 5.74) is -0.0689. The molecule has 0 saturated carbocycles. The normalized spacial score (nSPS) is 31.5. The van der Waals surface area contributed by atoms with Crippen LogP contribution in [0.25, 0.3) is 0 Å². The van der Waals surface area contributed by atoms with Gasteiger partial charge < -0.3 is 14.6 Å². The summed E-state index contributed by atoms with van der Waals surface area (Å²) >= 11 is 0. The van der Waals surface area contributed by atoms with Crippen LogP contribution in [0.15, 0.2) is 53.1 Å². The standard InChI is InChI=1S/C19H17N3O4/c1-11-9-14(21-26-11)22-10-19-8-7-13(25-19)15(16(19)18(22)24)17(23)20-12-5-3-2-4-6-12/h2-9,13,15-16H,10H2,1H3,(H,20,23)/t13-,15?,16?,19?/m1/s1. The van der Waals surface area contributed by atoms with E-state index in [2.05, 4.69) is 10.5 Å². The van der Waals surface area contributed by atoms with Gasteiger partial charge >= 0.3 is 0 Å². The number of para-hydroxylation sites is 1. The number of carbonyl (C=O) groups is 2. The lowest BCUT2D eigenvalue weighted by atomic mass is 9.77. The fourth-order valence-electron chi connectivity index (χ4n) is 4.22. The van der Waals surface area contributed by atoms with Gasteiger partial charge in [0.15, 0.2) is 5.82 Å². The number of hydrogen-bond donors (Lipinski definition) is 1. The van der Waals surface area contributed by atoms with Gasteiger partial charge in [-0.2, -0.15) is 0 Å². The van der Waals surface area contributed by atoms with Crippen LogP contribution < -0.4 is 10.2 Å². The van der Waals surface area contributed by atoms with Gasteiger partial charge in [0.1, 0.15) is 11.4 Å². The van der Waals surface area contributed by atoms with E-state index in [9.17, 15) is 9.59 Å². The molecule has 0 aliphatic carbocycles. The molecule has 7 heteroatoms. The number of amides is 2. The number of nitrogens with zero attached hydrogens (tertiary/aromatic N) is 2. The zero-order chi connectivity index (χ0) is 17.9. The Morgan fingerprint density at radius 1 is 1.35 bits per heavy atom. The highest BCUT2D eigenvalue weighted by Crippen LogP contribution is 2.52. The molecule has 4 heterocycles. The van der Waals surface area contributed by atoms with Gasteiger partial charge in [0.05, 0.1) is 24.5 Å². The molecule has 1 aromatic carbocycles. The van der Waals surface area contributed by atoms with E-state index in [1.54, 1.807) is 17.9 Å². The summed E-state index contributed by atoms with van der Waals surface area (Å²) in [7, 11) is 0. The average molecular weight is 351 g/mol. The van der Waals surface area contributed by atoms with Crippen molar-refractivity contribution in [1.82, 2.24) is 5.16 Å². The third-order valence-electron chi connectivity index (χ3n) is 5.34. The summed E-state index contributed by atoms with van der Waals surface area (Å²) in [5, 5.41) is 6.84. The van der Waals surface area contributed by atoms with Crippen LogP contribution in [0.2, 0.25) is 0 Å². The quantitative estimate of drug-likeness (QED) is 0.854. The van der Waals surface area contributed by atoms with Gasteiger partial charge in [-0.15, -0.1) is 0 Å². The van der Waals surface area contributed by atoms with Crippen molar-refractivity contribution in [3.63, 3.8) is 0 Å². The van der Waals surface area contributed by atoms with Crippen LogP contribution in [0, 0.1) is 18.8 Å². The first-order valence-electron chi connectivity index (χ1n) is 8.55. The maximum atomic E-state index is 13.1. The minimum absolute atomic E-state index is 0.154. The van der Waals surface area contributed by atoms with E-state index in [-0.39, 0.29) is 17.9 Å². The molecule has 7 nitrogen and oxygen atoms in total. The molecule has 1 aromatic heterocycles. The van der Waals surface area contributed by atoms with Gasteiger partial charge in [0, 0.05) is 11.8 Å². The maximum absolute atomic E-state index is 13.1. The molecule has 3 unspecified atom stereocenters. The number of anilines is 2. The summed E-state index contributed by atoms with van der Waals surface area (Å²) in [5.74, 6) is -0.397. The number of hydrogen-bond acceptors (Lipinski definition) is 5. The van der Waals surface area contributed by atoms with E-state index in [0.717, 1.165) is 0 Å². The van der Waals surface area contributed by atoms with E-state index < -0.39 is 17.4 Å². The number of aryl methyl sites for hydroxylation is 1. The molecule has 132 valence electrons. The first-order valence-corrected chi connectivity index (χ1v) is 8.55. The first-order chi connectivity index (χ1) is 12.6. The van der Waals surface area contributed by atoms with Gasteiger partial charge in [-0.1, -0.05) is 35.5 Å². The lowest BCUT2D eigenvalue weighted by Gasteiger charge is -2.23. The van der Waals surface area contributed by atoms with Crippen LogP contribution in [0.5, 0.6) is 0 Å². The van der Waals surface area contributed by atoms with Crippen molar-refractivity contribution in [1.29, 1.82) is 0 Å². The second-order valence-electron chi connectivity index (χ2n) is 6.98. The molecule has 2 bridgehead atoms. The predicted molar refractivity (Wildman–Crippen MR) is 92.4 cm³/mol. The van der Waals surface area contributed by atoms with E-state index in [1.165, 1.54) is 0 Å². The maximum Gasteiger partial charge on any atom is 0.235 e. The predicted octanol–water partition coefficient (Wildman–Crippen LogP) is 1.91. The minimum Gasteiger partial charge on any atom is -0.360 e. The number of rotatable bonds is 3. The minimum atomic E-state index is -0.771. The Labute approximate surface area is 149 Å². The molecule has 4 atom stereocenters. The molecule has 2 fully saturated rings. The Morgan fingerprint density at radius 2 is 2.15 bits per heavy atom. The average Bonchev–Trinajstić information content (AvgIpc) is 3.37. The Kier molecular flexibility index (Phi) is 3.12. The molecule has 2 amide bonds. The van der Waals surface area contributed by atoms with Gasteiger partial charge in [0.2, 0.25) is 11.8 Å². The highest BCUT2D eigenvalue weighted by Gasteiger charge is 2.67. The topological polar surface area (TPSA) is 84.7 Å². The molecular formula is C19H17N3O4. The highest BCUT2D eigenvalue weighted by atomic mass is 16.5. The summed E-state index contributed by atoms with van der Waals surface area (Å²) in [6.45, 7) is 2.11. The van der Waals surface area contributed by atoms with Crippen molar-refractivity contribution in [2.75, 3.05) is 16.8 Å². The molecule has 26 heavy (non-hydrogen) atoms. The van der Waals surface area contributed by atoms with Crippen LogP contribution in [0.1, 0.15) is 5.76 Å². The lowest BCUT2D eigenvalue weighted by Crippen LogP contribution is -2.41. The fraction of sp³-hybridized carbons (Fsp3) is 0.316. The zero-order valence-corrected chi connectivity index (χ0v) is 14.1. The Morgan fingerprint density at radius 3 is 2.88 bits per heavy atom. The van der Waals surface area contributed by atoms with Crippen LogP contribution in [-0.4, -0.2) is 35.2 Å². The monoisotopic (exact) mass is 351 g/mol. The fourth-order valence-corrected chi connectivity index (χ4v) is 4.22. The number of aromatic nitrogens is 1. The lowest BCUT2D eigenvalue weighted by molar-refractivity contribution is -0.128. The van der Waals surface area contributed by atoms with Gasteiger partial charge in [-0.05, 0) is 19.1 Å². The van der Waals surface area contributed by atoms with E-state index in [1.807, 2.05) is 42.5 Å². The zero-order valence-electron chi connectivity index (χ0n) is 14.1. The second kappa shape index (κ2) is 5.28. The highest BCUT2D eigenvalue weighted by molar-refractivity contribution is 6.05. The molecule has 2 aromatic rings. The first kappa shape index (κ1) is 15.3. The van der Waals surface area contributed by atoms with Crippen LogP contribution in [0.3, 0.4) is 0 Å². The third kappa shape index (κ3) is 2.07. The number of nitrogens with one attached hydrogen (secondary N) is 1. The SMILES string of the molecule is Cc1cc(N2CC34C=C[C@@H](O3)C(C(=O)Nc3ccccc3)C4C2=O)no1. The number of fused-ring (bicyclic) bond motifs is 1. The Balaban J connectivity index is 1.45. The van der Waals surface area contributed by atoms with E-state index >= 15 is 0 Å². The Hall–Kier alpha value is -2.93. The number of carbonyl (C=O) groups excluding carboxylic acids is 2. The van der Waals surface area contributed by atoms with Crippen molar-refractivity contribution in [3.05, 3.63) is 54.3 Å². The molecule has 1 N–H and O–H groups in total. The Bertz CT molecular complexity index is 922. The molecule has 3 aliphatic heterocycles. The molecule has 3 aliphatic rings. The van der Waals surface area contributed by atoms with Gasteiger partial charge in [-0.3, -0.25) is 14.5 Å². The largest absolute Gasteiger partial charge is 0.360 e. The van der Waals surface area contributed by atoms with Crippen LogP contribution >= 0.6 is 0 Å². The number of benzene rings is 1. The van der Waals surface area contributed by atoms with E-state index in [4.69, 9.17) is 9.26 Å². The molecular weight excluding hydrogens is 334 g/mol. The van der Waals surface area contributed by atoms with Crippen molar-refractivity contribution in [3.8, 4) is 0 Å². The smallest absolute Gasteiger partial charge is 0.235 e. The summed E-state index contributed by atoms with van der Waals surface area (Å²) < 4.78 is 11.2. The van der Waals surface area contributed by atoms with Gasteiger partial charge in [0.25, 0.3) is 0 Å². The summed E-state index contributed by atoms with van der Waals surface area (Å²) in [6, 6.07) is 10.9. The molecule has 1 spiro atoms. The number of ether oxygens (including phenoxy) is 1. The van der Waals surface area contributed by atoms with Gasteiger partial charge in [-0.25, -0.2) is 0 Å².